The van der Waals surface area contributed by atoms with Crippen LogP contribution in [0.3, 0.4) is 0 Å². The standard InChI is InChI=1S/C26H26Cl2N2O3S/c1-34(31,32)33-14-13-30(18-20-5-3-2-4-6-20)19-24(22-9-11-25(27)12-10-22)16-23-8-7-21(17-29)15-26(23)28/h2-12,15,24H,13-14,16,18-19H2,1H3/t24-/m0/s1. The second kappa shape index (κ2) is 12.3. The molecule has 0 saturated heterocycles. The van der Waals surface area contributed by atoms with Crippen LogP contribution in [0.1, 0.15) is 28.2 Å². The summed E-state index contributed by atoms with van der Waals surface area (Å²) in [7, 11) is -3.52. The fraction of sp³-hybridized carbons (Fsp3) is 0.269. The van der Waals surface area contributed by atoms with Gasteiger partial charge in [-0.05, 0) is 47.4 Å². The lowest BCUT2D eigenvalue weighted by molar-refractivity contribution is 0.197. The fourth-order valence-corrected chi connectivity index (χ4v) is 4.54. The quantitative estimate of drug-likeness (QED) is 0.307. The Kier molecular flexibility index (Phi) is 9.52. The first-order chi connectivity index (χ1) is 16.2. The van der Waals surface area contributed by atoms with E-state index in [0.717, 1.165) is 22.9 Å². The highest BCUT2D eigenvalue weighted by Gasteiger charge is 2.20. The summed E-state index contributed by atoms with van der Waals surface area (Å²) in [5.41, 5.74) is 3.66. The Bertz CT molecular complexity index is 1230. The molecule has 1 atom stereocenters. The van der Waals surface area contributed by atoms with Gasteiger partial charge in [0, 0.05) is 35.6 Å². The highest BCUT2D eigenvalue weighted by atomic mass is 35.5. The lowest BCUT2D eigenvalue weighted by Crippen LogP contribution is -2.32. The highest BCUT2D eigenvalue weighted by Crippen LogP contribution is 2.28. The Labute approximate surface area is 211 Å². The van der Waals surface area contributed by atoms with Gasteiger partial charge in [0.1, 0.15) is 0 Å². The molecule has 0 unspecified atom stereocenters. The predicted molar refractivity (Wildman–Crippen MR) is 137 cm³/mol. The van der Waals surface area contributed by atoms with Crippen LogP contribution in [0.15, 0.2) is 72.8 Å². The molecule has 34 heavy (non-hydrogen) atoms. The molecule has 0 saturated carbocycles. The number of nitriles is 1. The van der Waals surface area contributed by atoms with E-state index < -0.39 is 10.1 Å². The minimum Gasteiger partial charge on any atom is -0.296 e. The molecule has 0 aliphatic heterocycles. The molecule has 3 aromatic rings. The summed E-state index contributed by atoms with van der Waals surface area (Å²) in [5.74, 6) is 0.0460. The van der Waals surface area contributed by atoms with Crippen molar-refractivity contribution in [2.24, 2.45) is 0 Å². The monoisotopic (exact) mass is 516 g/mol. The third-order valence-electron chi connectivity index (χ3n) is 5.42. The van der Waals surface area contributed by atoms with E-state index in [2.05, 4.69) is 11.0 Å². The summed E-state index contributed by atoms with van der Waals surface area (Å²) in [5, 5.41) is 10.4. The maximum atomic E-state index is 11.5. The number of hydrogen-bond acceptors (Lipinski definition) is 5. The third-order valence-corrected chi connectivity index (χ3v) is 6.62. The molecule has 0 spiro atoms. The first-order valence-corrected chi connectivity index (χ1v) is 13.4. The fourth-order valence-electron chi connectivity index (χ4n) is 3.78. The number of nitrogens with zero attached hydrogens (tertiary/aromatic N) is 2. The number of rotatable bonds is 11. The van der Waals surface area contributed by atoms with E-state index in [9.17, 15) is 8.42 Å². The van der Waals surface area contributed by atoms with Crippen LogP contribution < -0.4 is 0 Å². The van der Waals surface area contributed by atoms with Gasteiger partial charge in [-0.1, -0.05) is 71.7 Å². The number of halogens is 2. The second-order valence-electron chi connectivity index (χ2n) is 8.12. The van der Waals surface area contributed by atoms with E-state index in [1.165, 1.54) is 0 Å². The SMILES string of the molecule is CS(=O)(=O)OCCN(Cc1ccccc1)C[C@H](Cc1ccc(C#N)cc1Cl)c1ccc(Cl)cc1. The summed E-state index contributed by atoms with van der Waals surface area (Å²) in [6, 6.07) is 25.2. The van der Waals surface area contributed by atoms with Gasteiger partial charge < -0.3 is 0 Å². The van der Waals surface area contributed by atoms with Crippen LogP contribution in [-0.4, -0.2) is 39.3 Å². The molecule has 0 aliphatic carbocycles. The molecule has 0 aromatic heterocycles. The topological polar surface area (TPSA) is 70.4 Å². The summed E-state index contributed by atoms with van der Waals surface area (Å²) in [4.78, 5) is 2.18. The highest BCUT2D eigenvalue weighted by molar-refractivity contribution is 7.85. The van der Waals surface area contributed by atoms with Crippen LogP contribution in [0, 0.1) is 11.3 Å². The Balaban J connectivity index is 1.87. The van der Waals surface area contributed by atoms with Crippen molar-refractivity contribution in [2.75, 3.05) is 26.0 Å². The van der Waals surface area contributed by atoms with Crippen molar-refractivity contribution in [3.8, 4) is 6.07 Å². The smallest absolute Gasteiger partial charge is 0.264 e. The van der Waals surface area contributed by atoms with E-state index in [1.807, 2.05) is 60.7 Å². The van der Waals surface area contributed by atoms with E-state index in [0.29, 0.717) is 41.7 Å². The van der Waals surface area contributed by atoms with Crippen molar-refractivity contribution in [2.45, 2.75) is 18.9 Å². The summed E-state index contributed by atoms with van der Waals surface area (Å²) < 4.78 is 28.0. The Morgan fingerprint density at radius 2 is 1.74 bits per heavy atom. The average Bonchev–Trinajstić information content (AvgIpc) is 2.80. The molecule has 3 rings (SSSR count). The molecular formula is C26H26Cl2N2O3S. The van der Waals surface area contributed by atoms with Crippen molar-refractivity contribution in [1.82, 2.24) is 4.90 Å². The Morgan fingerprint density at radius 1 is 1.03 bits per heavy atom. The third kappa shape index (κ3) is 8.43. The Morgan fingerprint density at radius 3 is 2.35 bits per heavy atom. The first kappa shape index (κ1) is 26.2. The van der Waals surface area contributed by atoms with Gasteiger partial charge in [0.25, 0.3) is 10.1 Å². The lowest BCUT2D eigenvalue weighted by Gasteiger charge is -2.28. The molecule has 0 heterocycles. The van der Waals surface area contributed by atoms with Crippen LogP contribution in [0.4, 0.5) is 0 Å². The molecule has 0 bridgehead atoms. The molecule has 5 nitrogen and oxygen atoms in total. The van der Waals surface area contributed by atoms with Crippen molar-refractivity contribution < 1.29 is 12.6 Å². The summed E-state index contributed by atoms with van der Waals surface area (Å²) in [6.07, 6.45) is 1.70. The minimum absolute atomic E-state index is 0.0460. The zero-order valence-corrected chi connectivity index (χ0v) is 21.2. The van der Waals surface area contributed by atoms with Crippen LogP contribution in [0.25, 0.3) is 0 Å². The summed E-state index contributed by atoms with van der Waals surface area (Å²) >= 11 is 12.6. The summed E-state index contributed by atoms with van der Waals surface area (Å²) in [6.45, 7) is 1.78. The molecular weight excluding hydrogens is 491 g/mol. The molecule has 0 N–H and O–H groups in total. The van der Waals surface area contributed by atoms with Crippen LogP contribution in [0.5, 0.6) is 0 Å². The maximum Gasteiger partial charge on any atom is 0.264 e. The maximum absolute atomic E-state index is 11.5. The molecule has 0 fully saturated rings. The van der Waals surface area contributed by atoms with Gasteiger partial charge in [-0.25, -0.2) is 0 Å². The number of hydrogen-bond donors (Lipinski definition) is 0. The molecule has 8 heteroatoms. The van der Waals surface area contributed by atoms with E-state index in [1.54, 1.807) is 12.1 Å². The molecule has 3 aromatic carbocycles. The van der Waals surface area contributed by atoms with Crippen molar-refractivity contribution in [3.63, 3.8) is 0 Å². The van der Waals surface area contributed by atoms with E-state index in [4.69, 9.17) is 32.6 Å². The zero-order valence-electron chi connectivity index (χ0n) is 18.8. The van der Waals surface area contributed by atoms with Crippen LogP contribution >= 0.6 is 23.2 Å². The van der Waals surface area contributed by atoms with Gasteiger partial charge in [0.15, 0.2) is 0 Å². The van der Waals surface area contributed by atoms with Crippen LogP contribution in [0.2, 0.25) is 10.0 Å². The van der Waals surface area contributed by atoms with Crippen molar-refractivity contribution in [3.05, 3.63) is 105 Å². The molecule has 0 aliphatic rings. The van der Waals surface area contributed by atoms with Crippen molar-refractivity contribution >= 4 is 33.3 Å². The van der Waals surface area contributed by atoms with Gasteiger partial charge in [-0.3, -0.25) is 9.08 Å². The van der Waals surface area contributed by atoms with Gasteiger partial charge >= 0.3 is 0 Å². The predicted octanol–water partition coefficient (Wildman–Crippen LogP) is 5.67. The van der Waals surface area contributed by atoms with Gasteiger partial charge in [0.2, 0.25) is 0 Å². The van der Waals surface area contributed by atoms with Crippen molar-refractivity contribution in [1.29, 1.82) is 5.26 Å². The van der Waals surface area contributed by atoms with Gasteiger partial charge in [-0.2, -0.15) is 13.7 Å². The Hall–Kier alpha value is -2.40. The van der Waals surface area contributed by atoms with E-state index in [-0.39, 0.29) is 12.5 Å². The first-order valence-electron chi connectivity index (χ1n) is 10.8. The normalized spacial score (nSPS) is 12.4. The molecule has 178 valence electrons. The average molecular weight is 517 g/mol. The van der Waals surface area contributed by atoms with Gasteiger partial charge in [-0.15, -0.1) is 0 Å². The molecule has 0 amide bonds. The molecule has 0 radical (unpaired) electrons. The largest absolute Gasteiger partial charge is 0.296 e. The zero-order chi connectivity index (χ0) is 24.6. The number of benzene rings is 3. The van der Waals surface area contributed by atoms with Crippen LogP contribution in [-0.2, 0) is 27.3 Å². The lowest BCUT2D eigenvalue weighted by atomic mass is 9.91. The second-order valence-corrected chi connectivity index (χ2v) is 10.6. The minimum atomic E-state index is -3.52. The van der Waals surface area contributed by atoms with Gasteiger partial charge in [0.05, 0.1) is 24.5 Å². The van der Waals surface area contributed by atoms with E-state index >= 15 is 0 Å².